The number of hydrogen-bond acceptors (Lipinski definition) is 3. The van der Waals surface area contributed by atoms with Crippen LogP contribution in [0.5, 0.6) is 0 Å². The van der Waals surface area contributed by atoms with Gasteiger partial charge in [-0.25, -0.2) is 0 Å². The summed E-state index contributed by atoms with van der Waals surface area (Å²) in [5, 5.41) is 3.09. The summed E-state index contributed by atoms with van der Waals surface area (Å²) in [5.74, 6) is 0.00868. The van der Waals surface area contributed by atoms with Gasteiger partial charge in [-0.3, -0.25) is 4.79 Å². The molecule has 0 bridgehead atoms. The van der Waals surface area contributed by atoms with E-state index in [2.05, 4.69) is 25.4 Å². The second-order valence-electron chi connectivity index (χ2n) is 4.97. The summed E-state index contributed by atoms with van der Waals surface area (Å²) in [5.41, 5.74) is 7.38. The Bertz CT molecular complexity index is 422. The number of carbonyl (C=O) groups excluding carboxylic acids is 1. The summed E-state index contributed by atoms with van der Waals surface area (Å²) < 4.78 is 0.137. The molecule has 3 N–H and O–H groups in total. The molecule has 0 spiro atoms. The molecule has 4 heteroatoms. The third-order valence-electron chi connectivity index (χ3n) is 3.97. The molecule has 0 aliphatic carbocycles. The molecule has 0 aliphatic rings. The Kier molecular flexibility index (Phi) is 7.10. The van der Waals surface area contributed by atoms with Gasteiger partial charge in [0.25, 0.3) is 5.91 Å². The van der Waals surface area contributed by atoms with Gasteiger partial charge in [0.05, 0.1) is 0 Å². The zero-order valence-corrected chi connectivity index (χ0v) is 13.6. The van der Waals surface area contributed by atoms with Gasteiger partial charge in [0, 0.05) is 16.9 Å². The molecule has 0 atom stereocenters. The van der Waals surface area contributed by atoms with Gasteiger partial charge in [0.1, 0.15) is 0 Å². The van der Waals surface area contributed by atoms with Crippen LogP contribution in [-0.4, -0.2) is 30.0 Å². The normalized spacial score (nSPS) is 11.4. The summed E-state index contributed by atoms with van der Waals surface area (Å²) in [6, 6.07) is 7.70. The van der Waals surface area contributed by atoms with E-state index in [4.69, 9.17) is 5.73 Å². The standard InChI is InChI=1S/C16H26N2OS/c1-4-16(5-2,20-3)12-18-15(19)14-9-7-6-8-13(14)10-11-17/h6-9H,4-5,10-12,17H2,1-3H3,(H,18,19). The van der Waals surface area contributed by atoms with Crippen molar-refractivity contribution >= 4 is 17.7 Å². The molecule has 1 rings (SSSR count). The number of hydrogen-bond donors (Lipinski definition) is 2. The molecule has 0 aliphatic heterocycles. The monoisotopic (exact) mass is 294 g/mol. The van der Waals surface area contributed by atoms with E-state index in [0.717, 1.165) is 30.4 Å². The Morgan fingerprint density at radius 2 is 1.95 bits per heavy atom. The third-order valence-corrected chi connectivity index (χ3v) is 5.56. The number of benzene rings is 1. The van der Waals surface area contributed by atoms with Crippen LogP contribution in [-0.2, 0) is 6.42 Å². The lowest BCUT2D eigenvalue weighted by atomic mass is 10.0. The number of nitrogens with one attached hydrogen (secondary N) is 1. The molecule has 0 fully saturated rings. The molecule has 1 amide bonds. The van der Waals surface area contributed by atoms with Gasteiger partial charge in [-0.05, 0) is 43.7 Å². The highest BCUT2D eigenvalue weighted by molar-refractivity contribution is 8.00. The Morgan fingerprint density at radius 3 is 2.50 bits per heavy atom. The van der Waals surface area contributed by atoms with E-state index >= 15 is 0 Å². The summed E-state index contributed by atoms with van der Waals surface area (Å²) in [6.45, 7) is 5.61. The molecular formula is C16H26N2OS. The largest absolute Gasteiger partial charge is 0.351 e. The Balaban J connectivity index is 2.76. The SMILES string of the molecule is CCC(CC)(CNC(=O)c1ccccc1CCN)SC. The van der Waals surface area contributed by atoms with Crippen LogP contribution >= 0.6 is 11.8 Å². The van der Waals surface area contributed by atoms with Crippen molar-refractivity contribution in [3.63, 3.8) is 0 Å². The minimum atomic E-state index is 0.00868. The number of rotatable bonds is 8. The second-order valence-corrected chi connectivity index (χ2v) is 6.25. The van der Waals surface area contributed by atoms with E-state index in [9.17, 15) is 4.79 Å². The van der Waals surface area contributed by atoms with Crippen LogP contribution in [0.25, 0.3) is 0 Å². The zero-order chi connectivity index (χ0) is 15.0. The Hall–Kier alpha value is -1.00. The van der Waals surface area contributed by atoms with Crippen LogP contribution in [0.3, 0.4) is 0 Å². The average molecular weight is 294 g/mol. The minimum Gasteiger partial charge on any atom is -0.351 e. The lowest BCUT2D eigenvalue weighted by Crippen LogP contribution is -2.39. The maximum absolute atomic E-state index is 12.4. The summed E-state index contributed by atoms with van der Waals surface area (Å²) in [6.07, 6.45) is 4.95. The molecule has 0 saturated carbocycles. The molecule has 0 aromatic heterocycles. The summed E-state index contributed by atoms with van der Waals surface area (Å²) in [4.78, 5) is 12.4. The van der Waals surface area contributed by atoms with Gasteiger partial charge < -0.3 is 11.1 Å². The lowest BCUT2D eigenvalue weighted by Gasteiger charge is -2.30. The zero-order valence-electron chi connectivity index (χ0n) is 12.7. The van der Waals surface area contributed by atoms with Crippen molar-refractivity contribution in [1.82, 2.24) is 5.32 Å². The lowest BCUT2D eigenvalue weighted by molar-refractivity contribution is 0.0948. The topological polar surface area (TPSA) is 55.1 Å². The molecule has 1 aromatic rings. The Morgan fingerprint density at radius 1 is 1.30 bits per heavy atom. The highest BCUT2D eigenvalue weighted by Crippen LogP contribution is 2.29. The molecule has 1 aromatic carbocycles. The number of amides is 1. The third kappa shape index (κ3) is 4.25. The van der Waals surface area contributed by atoms with E-state index in [1.165, 1.54) is 0 Å². The summed E-state index contributed by atoms with van der Waals surface area (Å²) >= 11 is 1.83. The van der Waals surface area contributed by atoms with Crippen LogP contribution in [0.1, 0.15) is 42.6 Å². The van der Waals surface area contributed by atoms with Gasteiger partial charge in [-0.2, -0.15) is 11.8 Å². The van der Waals surface area contributed by atoms with Gasteiger partial charge in [-0.1, -0.05) is 32.0 Å². The van der Waals surface area contributed by atoms with Crippen molar-refractivity contribution in [2.45, 2.75) is 37.9 Å². The van der Waals surface area contributed by atoms with Gasteiger partial charge in [-0.15, -0.1) is 0 Å². The van der Waals surface area contributed by atoms with Gasteiger partial charge >= 0.3 is 0 Å². The first-order chi connectivity index (χ1) is 9.62. The highest BCUT2D eigenvalue weighted by Gasteiger charge is 2.25. The van der Waals surface area contributed by atoms with Crippen LogP contribution in [0, 0.1) is 0 Å². The highest BCUT2D eigenvalue weighted by atomic mass is 32.2. The first kappa shape index (κ1) is 17.1. The van der Waals surface area contributed by atoms with E-state index in [-0.39, 0.29) is 10.7 Å². The van der Waals surface area contributed by atoms with E-state index < -0.39 is 0 Å². The fourth-order valence-corrected chi connectivity index (χ4v) is 3.11. The van der Waals surface area contributed by atoms with E-state index in [0.29, 0.717) is 13.1 Å². The Labute approximate surface area is 126 Å². The fourth-order valence-electron chi connectivity index (χ4n) is 2.31. The van der Waals surface area contributed by atoms with Crippen molar-refractivity contribution in [3.8, 4) is 0 Å². The number of nitrogens with two attached hydrogens (primary N) is 1. The maximum atomic E-state index is 12.4. The first-order valence-corrected chi connectivity index (χ1v) is 8.46. The van der Waals surface area contributed by atoms with E-state index in [1.54, 1.807) is 0 Å². The molecule has 3 nitrogen and oxygen atoms in total. The predicted molar refractivity (Wildman–Crippen MR) is 88.4 cm³/mol. The van der Waals surface area contributed by atoms with Crippen LogP contribution in [0.2, 0.25) is 0 Å². The van der Waals surface area contributed by atoms with Crippen LogP contribution < -0.4 is 11.1 Å². The molecule has 0 unspecified atom stereocenters. The van der Waals surface area contributed by atoms with Crippen molar-refractivity contribution in [1.29, 1.82) is 0 Å². The van der Waals surface area contributed by atoms with Crippen LogP contribution in [0.15, 0.2) is 24.3 Å². The summed E-state index contributed by atoms with van der Waals surface area (Å²) in [7, 11) is 0. The maximum Gasteiger partial charge on any atom is 0.251 e. The molecular weight excluding hydrogens is 268 g/mol. The second kappa shape index (κ2) is 8.32. The molecule has 112 valence electrons. The molecule has 20 heavy (non-hydrogen) atoms. The van der Waals surface area contributed by atoms with Crippen molar-refractivity contribution in [2.24, 2.45) is 5.73 Å². The quantitative estimate of drug-likeness (QED) is 0.775. The van der Waals surface area contributed by atoms with Gasteiger partial charge in [0.2, 0.25) is 0 Å². The average Bonchev–Trinajstić information content (AvgIpc) is 2.50. The molecule has 0 saturated heterocycles. The number of carbonyl (C=O) groups is 1. The van der Waals surface area contributed by atoms with Crippen molar-refractivity contribution < 1.29 is 4.79 Å². The van der Waals surface area contributed by atoms with Crippen LogP contribution in [0.4, 0.5) is 0 Å². The fraction of sp³-hybridized carbons (Fsp3) is 0.562. The molecule has 0 radical (unpaired) electrons. The van der Waals surface area contributed by atoms with E-state index in [1.807, 2.05) is 36.0 Å². The smallest absolute Gasteiger partial charge is 0.251 e. The predicted octanol–water partition coefficient (Wildman–Crippen LogP) is 2.84. The first-order valence-electron chi connectivity index (χ1n) is 7.23. The van der Waals surface area contributed by atoms with Crippen molar-refractivity contribution in [2.75, 3.05) is 19.3 Å². The number of thioether (sulfide) groups is 1. The minimum absolute atomic E-state index is 0.00868. The van der Waals surface area contributed by atoms with Crippen molar-refractivity contribution in [3.05, 3.63) is 35.4 Å². The van der Waals surface area contributed by atoms with Gasteiger partial charge in [0.15, 0.2) is 0 Å². The molecule has 0 heterocycles.